The van der Waals surface area contributed by atoms with Crippen molar-refractivity contribution in [3.8, 4) is 5.75 Å². The Morgan fingerprint density at radius 2 is 1.92 bits per heavy atom. The number of anilines is 2. The van der Waals surface area contributed by atoms with Crippen LogP contribution in [-0.2, 0) is 33.4 Å². The number of hydrogen-bond donors (Lipinski definition) is 5. The number of nitrogens with one attached hydrogen (secondary N) is 2. The number of hydrogen-bond acceptors (Lipinski definition) is 14. The van der Waals surface area contributed by atoms with E-state index in [0.717, 1.165) is 37.5 Å². The average molecular weight is 726 g/mol. The summed E-state index contributed by atoms with van der Waals surface area (Å²) in [6.45, 7) is 6.08. The molecule has 1 saturated heterocycles. The molecule has 5 rings (SSSR count). The molecule has 3 heterocycles. The first-order valence-electron chi connectivity index (χ1n) is 15.9. The van der Waals surface area contributed by atoms with E-state index in [1.165, 1.54) is 29.6 Å². The maximum Gasteiger partial charge on any atom is 0.459 e. The van der Waals surface area contributed by atoms with Crippen molar-refractivity contribution in [3.63, 3.8) is 0 Å². The first-order valence-corrected chi connectivity index (χ1v) is 19.4. The van der Waals surface area contributed by atoms with Crippen molar-refractivity contribution in [3.05, 3.63) is 42.1 Å². The van der Waals surface area contributed by atoms with Crippen molar-refractivity contribution in [2.24, 2.45) is 0 Å². The van der Waals surface area contributed by atoms with Gasteiger partial charge in [0.2, 0.25) is 16.0 Å². The highest BCUT2D eigenvalue weighted by Crippen LogP contribution is 2.47. The first kappa shape index (κ1) is 36.9. The predicted octanol–water partition coefficient (Wildman–Crippen LogP) is 2.29. The van der Waals surface area contributed by atoms with Crippen LogP contribution in [-0.4, -0.2) is 88.5 Å². The van der Waals surface area contributed by atoms with E-state index in [9.17, 15) is 28.0 Å². The van der Waals surface area contributed by atoms with E-state index in [1.807, 2.05) is 6.92 Å². The molecule has 6 N–H and O–H groups in total. The highest BCUT2D eigenvalue weighted by atomic mass is 32.2. The van der Waals surface area contributed by atoms with E-state index in [2.05, 4.69) is 19.9 Å². The number of carbonyl (C=O) groups is 1. The van der Waals surface area contributed by atoms with Crippen LogP contribution in [0, 0.1) is 6.92 Å². The van der Waals surface area contributed by atoms with Gasteiger partial charge in [0.1, 0.15) is 41.4 Å². The van der Waals surface area contributed by atoms with E-state index >= 15 is 0 Å². The largest absolute Gasteiger partial charge is 0.461 e. The fraction of sp³-hybridized carbons (Fsp3) is 0.567. The van der Waals surface area contributed by atoms with Gasteiger partial charge in [0.05, 0.1) is 18.2 Å². The molecule has 2 aliphatic rings. The second-order valence-electron chi connectivity index (χ2n) is 12.6. The molecule has 4 unspecified atom stereocenters. The number of aliphatic hydroxyl groups excluding tert-OH is 1. The molecule has 49 heavy (non-hydrogen) atoms. The normalized spacial score (nSPS) is 24.9. The lowest BCUT2D eigenvalue weighted by Gasteiger charge is -2.28. The number of rotatable bonds is 14. The van der Waals surface area contributed by atoms with Crippen LogP contribution in [0.5, 0.6) is 5.75 Å². The van der Waals surface area contributed by atoms with Gasteiger partial charge < -0.3 is 34.5 Å². The van der Waals surface area contributed by atoms with Crippen LogP contribution >= 0.6 is 7.75 Å². The van der Waals surface area contributed by atoms with Crippen LogP contribution in [0.25, 0.3) is 11.0 Å². The monoisotopic (exact) mass is 725 g/mol. The molecule has 3 aromatic rings. The Labute approximate surface area is 284 Å². The lowest BCUT2D eigenvalue weighted by Crippen LogP contribution is -2.44. The molecule has 1 aliphatic carbocycles. The number of nitrogens with two attached hydrogens (primary N) is 1. The van der Waals surface area contributed by atoms with Crippen LogP contribution in [0.1, 0.15) is 58.2 Å². The number of fused-ring (bicyclic) bond motifs is 1. The Morgan fingerprint density at radius 3 is 2.55 bits per heavy atom. The molecule has 0 amide bonds. The van der Waals surface area contributed by atoms with Gasteiger partial charge in [-0.1, -0.05) is 17.7 Å². The number of sulfonamides is 1. The van der Waals surface area contributed by atoms with Crippen molar-refractivity contribution in [2.75, 3.05) is 30.1 Å². The molecule has 17 nitrogen and oxygen atoms in total. The number of aliphatic hydroxyl groups is 2. The highest BCUT2D eigenvalue weighted by Gasteiger charge is 2.54. The summed E-state index contributed by atoms with van der Waals surface area (Å²) in [5, 5.41) is 27.0. The maximum absolute atomic E-state index is 14.1. The third kappa shape index (κ3) is 8.52. The Hall–Kier alpha value is -3.35. The number of hydrazine groups is 1. The smallest absolute Gasteiger partial charge is 0.459 e. The molecule has 0 bridgehead atoms. The zero-order chi connectivity index (χ0) is 35.7. The Bertz CT molecular complexity index is 1800. The molecule has 0 spiro atoms. The standard InChI is InChI=1S/C30H44N7O10PS/c1-6-37(35-49(5,42)43)26-22-15-16-36(25(22)32-29(31)33-26)28-30(4,40)24(38)23(46-28)17-44-48(41,47-21-13-11-18(2)12-14-21)34-19(3)27(39)45-20-9-7-8-10-20/h11-16,19-20,23-24,28,35,38,40H,6-10,17H2,1-5H3,(H,34,41)(H2,31,32,33)/t19?,23?,24-,28?,30-,48?/m1/s1. The third-order valence-corrected chi connectivity index (χ3v) is 10.6. The van der Waals surface area contributed by atoms with Gasteiger partial charge in [-0.05, 0) is 71.6 Å². The van der Waals surface area contributed by atoms with Gasteiger partial charge in [0.25, 0.3) is 0 Å². The summed E-state index contributed by atoms with van der Waals surface area (Å²) >= 11 is 0. The van der Waals surface area contributed by atoms with E-state index in [0.29, 0.717) is 5.39 Å². The first-order chi connectivity index (χ1) is 23.0. The van der Waals surface area contributed by atoms with E-state index in [-0.39, 0.29) is 35.8 Å². The van der Waals surface area contributed by atoms with Crippen LogP contribution in [0.4, 0.5) is 11.8 Å². The fourth-order valence-corrected chi connectivity index (χ4v) is 7.94. The summed E-state index contributed by atoms with van der Waals surface area (Å²) in [4.78, 5) is 23.8. The molecule has 1 aromatic carbocycles. The third-order valence-electron chi connectivity index (χ3n) is 8.37. The molecule has 19 heteroatoms. The van der Waals surface area contributed by atoms with Gasteiger partial charge in [-0.3, -0.25) is 14.3 Å². The van der Waals surface area contributed by atoms with Crippen molar-refractivity contribution in [1.29, 1.82) is 0 Å². The van der Waals surface area contributed by atoms with Gasteiger partial charge in [-0.25, -0.2) is 13.0 Å². The number of carbonyl (C=O) groups excluding carboxylic acids is 1. The van der Waals surface area contributed by atoms with Crippen molar-refractivity contribution < 1.29 is 46.5 Å². The summed E-state index contributed by atoms with van der Waals surface area (Å²) in [5.41, 5.74) is 5.18. The summed E-state index contributed by atoms with van der Waals surface area (Å²) in [7, 11) is -8.00. The molecule has 270 valence electrons. The number of nitrogens with zero attached hydrogens (tertiary/aromatic N) is 4. The SMILES string of the molecule is CCN(NS(C)(=O)=O)c1nc(N)nc2c1ccn2C1OC(COP(=O)(NC(C)C(=O)OC2CCCC2)Oc2ccc(C)cc2)[C@@H](O)[C@@]1(C)O. The van der Waals surface area contributed by atoms with Crippen LogP contribution < -0.4 is 25.2 Å². The molecular weight excluding hydrogens is 681 g/mol. The topological polar surface area (TPSA) is 230 Å². The number of nitrogen functional groups attached to an aromatic ring is 1. The van der Waals surface area contributed by atoms with Gasteiger partial charge in [-0.15, -0.1) is 4.83 Å². The highest BCUT2D eigenvalue weighted by molar-refractivity contribution is 7.88. The number of esters is 1. The maximum atomic E-state index is 14.1. The lowest BCUT2D eigenvalue weighted by atomic mass is 9.96. The molecule has 1 saturated carbocycles. The molecule has 0 radical (unpaired) electrons. The van der Waals surface area contributed by atoms with E-state index in [1.54, 1.807) is 37.3 Å². The van der Waals surface area contributed by atoms with Crippen LogP contribution in [0.2, 0.25) is 0 Å². The zero-order valence-electron chi connectivity index (χ0n) is 28.0. The van der Waals surface area contributed by atoms with E-state index < -0.39 is 60.4 Å². The average Bonchev–Trinajstić information content (AvgIpc) is 3.74. The van der Waals surface area contributed by atoms with Gasteiger partial charge in [-0.2, -0.15) is 15.1 Å². The summed E-state index contributed by atoms with van der Waals surface area (Å²) in [6, 6.07) is 7.21. The number of aryl methyl sites for hydroxylation is 1. The fourth-order valence-electron chi connectivity index (χ4n) is 5.83. The minimum absolute atomic E-state index is 0.160. The second kappa shape index (κ2) is 14.5. The minimum atomic E-state index is -4.33. The van der Waals surface area contributed by atoms with Crippen molar-refractivity contribution in [1.82, 2.24) is 24.5 Å². The van der Waals surface area contributed by atoms with Crippen molar-refractivity contribution >= 4 is 46.5 Å². The summed E-state index contributed by atoms with van der Waals surface area (Å²) in [5.74, 6) is -0.436. The zero-order valence-corrected chi connectivity index (χ0v) is 29.7. The predicted molar refractivity (Wildman–Crippen MR) is 180 cm³/mol. The van der Waals surface area contributed by atoms with E-state index in [4.69, 9.17) is 24.3 Å². The molecular formula is C30H44N7O10PS. The summed E-state index contributed by atoms with van der Waals surface area (Å²) < 4.78 is 62.8. The van der Waals surface area contributed by atoms with Crippen LogP contribution in [0.3, 0.4) is 0 Å². The second-order valence-corrected chi connectivity index (χ2v) is 16.0. The molecule has 1 aliphatic heterocycles. The summed E-state index contributed by atoms with van der Waals surface area (Å²) in [6.07, 6.45) is 1.69. The van der Waals surface area contributed by atoms with Gasteiger partial charge >= 0.3 is 13.7 Å². The Morgan fingerprint density at radius 1 is 1.24 bits per heavy atom. The van der Waals surface area contributed by atoms with Crippen LogP contribution in [0.15, 0.2) is 36.5 Å². The number of ether oxygens (including phenoxy) is 2. The number of benzene rings is 1. The van der Waals surface area contributed by atoms with Crippen molar-refractivity contribution in [2.45, 2.75) is 89.6 Å². The molecule has 2 aromatic heterocycles. The van der Waals surface area contributed by atoms with Gasteiger partial charge in [0.15, 0.2) is 12.0 Å². The quantitative estimate of drug-likeness (QED) is 0.0912. The molecule has 2 fully saturated rings. The Kier molecular flexibility index (Phi) is 10.9. The minimum Gasteiger partial charge on any atom is -0.461 e. The molecule has 6 atom stereocenters. The Balaban J connectivity index is 1.38. The lowest BCUT2D eigenvalue weighted by molar-refractivity contribution is -0.150. The van der Waals surface area contributed by atoms with Gasteiger partial charge in [0, 0.05) is 12.7 Å². The number of aromatic nitrogens is 3.